The molecule has 3 fully saturated rings. The molecule has 1 N–H and O–H groups in total. The topological polar surface area (TPSA) is 48.5 Å². The van der Waals surface area contributed by atoms with E-state index in [9.17, 15) is 4.79 Å². The number of aromatic nitrogens is 1. The highest BCUT2D eigenvalue weighted by Gasteiger charge is 2.40. The number of carbonyl (C=O) groups excluding carboxylic acids is 1. The second kappa shape index (κ2) is 9.58. The van der Waals surface area contributed by atoms with E-state index in [1.54, 1.807) is 11.3 Å². The van der Waals surface area contributed by atoms with Crippen LogP contribution in [-0.4, -0.2) is 54.1 Å². The van der Waals surface area contributed by atoms with Crippen molar-refractivity contribution in [2.24, 2.45) is 5.92 Å². The molecule has 3 atom stereocenters. The van der Waals surface area contributed by atoms with Crippen LogP contribution >= 0.6 is 36.2 Å². The smallest absolute Gasteiger partial charge is 0.239 e. The van der Waals surface area contributed by atoms with Crippen LogP contribution in [0.15, 0.2) is 6.20 Å². The van der Waals surface area contributed by atoms with Crippen molar-refractivity contribution < 1.29 is 4.79 Å². The largest absolute Gasteiger partial charge is 0.345 e. The van der Waals surface area contributed by atoms with Gasteiger partial charge in [-0.05, 0) is 31.6 Å². The quantitative estimate of drug-likeness (QED) is 0.815. The minimum absolute atomic E-state index is 0. The molecule has 0 radical (unpaired) electrons. The van der Waals surface area contributed by atoms with E-state index in [4.69, 9.17) is 0 Å². The summed E-state index contributed by atoms with van der Waals surface area (Å²) in [5.41, 5.74) is 0. The summed E-state index contributed by atoms with van der Waals surface area (Å²) < 4.78 is 0. The normalized spacial score (nSPS) is 28.1. The molecule has 3 heterocycles. The predicted octanol–water partition coefficient (Wildman–Crippen LogP) is 3.12. The van der Waals surface area contributed by atoms with Gasteiger partial charge < -0.3 is 15.1 Å². The molecule has 1 saturated carbocycles. The number of halogens is 2. The zero-order valence-electron chi connectivity index (χ0n) is 15.4. The van der Waals surface area contributed by atoms with E-state index in [1.165, 1.54) is 30.6 Å². The molecule has 2 saturated heterocycles. The molecular formula is C18H30Cl2N4OS. The molecule has 1 amide bonds. The highest BCUT2D eigenvalue weighted by Crippen LogP contribution is 2.34. The van der Waals surface area contributed by atoms with Crippen molar-refractivity contribution in [1.82, 2.24) is 15.2 Å². The number of hydrogen-bond donors (Lipinski definition) is 1. The van der Waals surface area contributed by atoms with Crippen LogP contribution in [0.25, 0.3) is 0 Å². The fourth-order valence-corrected chi connectivity index (χ4v) is 5.36. The minimum Gasteiger partial charge on any atom is -0.345 e. The molecule has 3 aliphatic rings. The van der Waals surface area contributed by atoms with Crippen LogP contribution in [0, 0.1) is 5.92 Å². The second-order valence-corrected chi connectivity index (χ2v) is 8.47. The van der Waals surface area contributed by atoms with Crippen LogP contribution in [0.5, 0.6) is 0 Å². The average Bonchev–Trinajstić information content (AvgIpc) is 3.28. The average molecular weight is 421 g/mol. The van der Waals surface area contributed by atoms with Crippen LogP contribution < -0.4 is 10.2 Å². The summed E-state index contributed by atoms with van der Waals surface area (Å²) in [6, 6.07) is 0.660. The van der Waals surface area contributed by atoms with Crippen LogP contribution in [0.1, 0.15) is 43.9 Å². The molecule has 148 valence electrons. The molecule has 1 aliphatic carbocycles. The highest BCUT2D eigenvalue weighted by molar-refractivity contribution is 7.15. The lowest BCUT2D eigenvalue weighted by Crippen LogP contribution is -2.53. The van der Waals surface area contributed by atoms with Gasteiger partial charge in [0, 0.05) is 43.3 Å². The van der Waals surface area contributed by atoms with Crippen molar-refractivity contribution in [2.75, 3.05) is 31.1 Å². The standard InChI is InChI=1S/C18H28N4OS.2ClH/c1-2-14-12-19-18(24-14)22-9-7-21(8-10-22)17(23)16-11-13-5-3-4-6-15(13)20-16;;/h12-13,15-16,20H,2-11H2,1H3;2*1H. The number of aryl methyl sites for hydroxylation is 1. The van der Waals surface area contributed by atoms with Gasteiger partial charge in [0.05, 0.1) is 6.04 Å². The number of nitrogens with one attached hydrogen (secondary N) is 1. The Balaban J connectivity index is 0.00000121. The molecule has 1 aromatic rings. The molecular weight excluding hydrogens is 391 g/mol. The number of fused-ring (bicyclic) bond motifs is 1. The summed E-state index contributed by atoms with van der Waals surface area (Å²) in [6.07, 6.45) is 9.31. The first-order valence-corrected chi connectivity index (χ1v) is 10.3. The number of thiazole rings is 1. The lowest BCUT2D eigenvalue weighted by atomic mass is 9.85. The first-order valence-electron chi connectivity index (χ1n) is 9.49. The number of rotatable bonds is 3. The summed E-state index contributed by atoms with van der Waals surface area (Å²) in [7, 11) is 0. The third-order valence-electron chi connectivity index (χ3n) is 5.91. The fraction of sp³-hybridized carbons (Fsp3) is 0.778. The lowest BCUT2D eigenvalue weighted by Gasteiger charge is -2.35. The summed E-state index contributed by atoms with van der Waals surface area (Å²) >= 11 is 1.79. The minimum atomic E-state index is 0. The van der Waals surface area contributed by atoms with Crippen LogP contribution in [0.3, 0.4) is 0 Å². The van der Waals surface area contributed by atoms with E-state index in [1.807, 2.05) is 6.20 Å². The van der Waals surface area contributed by atoms with Crippen LogP contribution in [0.2, 0.25) is 0 Å². The first-order chi connectivity index (χ1) is 11.7. The van der Waals surface area contributed by atoms with Gasteiger partial charge in [-0.25, -0.2) is 4.98 Å². The fourth-order valence-electron chi connectivity index (χ4n) is 4.46. The van der Waals surface area contributed by atoms with E-state index in [-0.39, 0.29) is 30.9 Å². The van der Waals surface area contributed by atoms with Crippen molar-refractivity contribution in [3.63, 3.8) is 0 Å². The van der Waals surface area contributed by atoms with Crippen LogP contribution in [-0.2, 0) is 11.2 Å². The van der Waals surface area contributed by atoms with Gasteiger partial charge in [-0.3, -0.25) is 4.79 Å². The van der Waals surface area contributed by atoms with Gasteiger partial charge in [-0.2, -0.15) is 0 Å². The van der Waals surface area contributed by atoms with Gasteiger partial charge in [0.2, 0.25) is 5.91 Å². The van der Waals surface area contributed by atoms with E-state index in [0.29, 0.717) is 11.9 Å². The third kappa shape index (κ3) is 4.46. The molecule has 26 heavy (non-hydrogen) atoms. The van der Waals surface area contributed by atoms with E-state index in [2.05, 4.69) is 27.0 Å². The molecule has 5 nitrogen and oxygen atoms in total. The maximum Gasteiger partial charge on any atom is 0.239 e. The summed E-state index contributed by atoms with van der Waals surface area (Å²) in [6.45, 7) is 5.63. The van der Waals surface area contributed by atoms with E-state index in [0.717, 1.165) is 50.1 Å². The molecule has 0 spiro atoms. The summed E-state index contributed by atoms with van der Waals surface area (Å²) in [5, 5.41) is 4.74. The maximum absolute atomic E-state index is 12.9. The lowest BCUT2D eigenvalue weighted by molar-refractivity contribution is -0.133. The van der Waals surface area contributed by atoms with E-state index >= 15 is 0 Å². The Morgan fingerprint density at radius 1 is 1.23 bits per heavy atom. The molecule has 3 unspecified atom stereocenters. The molecule has 4 rings (SSSR count). The number of amides is 1. The van der Waals surface area contributed by atoms with Crippen molar-refractivity contribution in [1.29, 1.82) is 0 Å². The first kappa shape index (κ1) is 21.7. The summed E-state index contributed by atoms with van der Waals surface area (Å²) in [4.78, 5) is 23.1. The number of hydrogen-bond acceptors (Lipinski definition) is 5. The Bertz CT molecular complexity index is 578. The maximum atomic E-state index is 12.9. The number of piperazine rings is 1. The highest BCUT2D eigenvalue weighted by atomic mass is 35.5. The van der Waals surface area contributed by atoms with Crippen molar-refractivity contribution in [3.8, 4) is 0 Å². The zero-order valence-corrected chi connectivity index (χ0v) is 17.8. The number of anilines is 1. The Labute approximate surface area is 172 Å². The van der Waals surface area contributed by atoms with Gasteiger partial charge in [0.25, 0.3) is 0 Å². The monoisotopic (exact) mass is 420 g/mol. The Morgan fingerprint density at radius 2 is 1.96 bits per heavy atom. The number of nitrogens with zero attached hydrogens (tertiary/aromatic N) is 3. The number of carbonyl (C=O) groups is 1. The third-order valence-corrected chi connectivity index (χ3v) is 7.12. The van der Waals surface area contributed by atoms with Gasteiger partial charge in [0.15, 0.2) is 5.13 Å². The van der Waals surface area contributed by atoms with Gasteiger partial charge in [-0.1, -0.05) is 19.8 Å². The second-order valence-electron chi connectivity index (χ2n) is 7.38. The van der Waals surface area contributed by atoms with Gasteiger partial charge in [0.1, 0.15) is 0 Å². The zero-order chi connectivity index (χ0) is 16.5. The SMILES string of the molecule is CCc1cnc(N2CCN(C(=O)C3CC4CCCCC4N3)CC2)s1.Cl.Cl. The van der Waals surface area contributed by atoms with Gasteiger partial charge in [-0.15, -0.1) is 36.2 Å². The Morgan fingerprint density at radius 3 is 2.62 bits per heavy atom. The molecule has 0 bridgehead atoms. The molecule has 1 aromatic heterocycles. The van der Waals surface area contributed by atoms with Crippen LogP contribution in [0.4, 0.5) is 5.13 Å². The van der Waals surface area contributed by atoms with Crippen molar-refractivity contribution in [3.05, 3.63) is 11.1 Å². The van der Waals surface area contributed by atoms with Gasteiger partial charge >= 0.3 is 0 Å². The summed E-state index contributed by atoms with van der Waals surface area (Å²) in [5.74, 6) is 1.06. The molecule has 0 aromatic carbocycles. The molecule has 2 aliphatic heterocycles. The van der Waals surface area contributed by atoms with Crippen molar-refractivity contribution in [2.45, 2.75) is 57.5 Å². The Hall–Kier alpha value is -0.560. The Kier molecular flexibility index (Phi) is 8.01. The predicted molar refractivity (Wildman–Crippen MR) is 112 cm³/mol. The van der Waals surface area contributed by atoms with E-state index < -0.39 is 0 Å². The van der Waals surface area contributed by atoms with Crippen molar-refractivity contribution >= 4 is 47.2 Å². The molecule has 8 heteroatoms.